The van der Waals surface area contributed by atoms with Crippen LogP contribution in [-0.4, -0.2) is 25.9 Å². The van der Waals surface area contributed by atoms with Crippen LogP contribution < -0.4 is 20.3 Å². The summed E-state index contributed by atoms with van der Waals surface area (Å²) in [6, 6.07) is 17.9. The van der Waals surface area contributed by atoms with Crippen molar-refractivity contribution in [1.29, 1.82) is 0 Å². The quantitative estimate of drug-likeness (QED) is 0.910. The summed E-state index contributed by atoms with van der Waals surface area (Å²) < 4.78 is 5.33. The first-order chi connectivity index (χ1) is 11.8. The minimum atomic E-state index is -0.258. The van der Waals surface area contributed by atoms with Crippen LogP contribution in [0.4, 0.5) is 5.69 Å². The predicted molar refractivity (Wildman–Crippen MR) is 93.3 cm³/mol. The minimum Gasteiger partial charge on any atom is -0.497 e. The number of hydrogen-bond acceptors (Lipinski definition) is 4. The number of ether oxygens (including phenoxy) is 1. The number of rotatable bonds is 3. The molecule has 4 rings (SSSR count). The highest BCUT2D eigenvalue weighted by Gasteiger charge is 2.43. The minimum absolute atomic E-state index is 0.0475. The third-order valence-corrected chi connectivity index (χ3v) is 4.54. The molecule has 2 atom stereocenters. The molecule has 24 heavy (non-hydrogen) atoms. The van der Waals surface area contributed by atoms with Gasteiger partial charge in [0.05, 0.1) is 19.7 Å². The van der Waals surface area contributed by atoms with Gasteiger partial charge in [0.2, 0.25) is 5.91 Å². The summed E-state index contributed by atoms with van der Waals surface area (Å²) in [6.07, 6.45) is 1.99. The van der Waals surface area contributed by atoms with E-state index in [-0.39, 0.29) is 18.0 Å². The predicted octanol–water partition coefficient (Wildman–Crippen LogP) is 2.18. The first-order valence-corrected chi connectivity index (χ1v) is 7.98. The molecule has 5 nitrogen and oxygen atoms in total. The van der Waals surface area contributed by atoms with Crippen molar-refractivity contribution in [2.75, 3.05) is 18.7 Å². The van der Waals surface area contributed by atoms with Gasteiger partial charge in [0.15, 0.2) is 0 Å². The maximum absolute atomic E-state index is 12.5. The Bertz CT molecular complexity index is 788. The molecule has 0 aliphatic carbocycles. The normalized spacial score (nSPS) is 22.6. The molecule has 0 spiro atoms. The van der Waals surface area contributed by atoms with Crippen molar-refractivity contribution < 1.29 is 9.53 Å². The van der Waals surface area contributed by atoms with Crippen molar-refractivity contribution in [3.8, 4) is 5.75 Å². The molecule has 2 aliphatic rings. The molecule has 1 fully saturated rings. The molecule has 1 saturated heterocycles. The van der Waals surface area contributed by atoms with E-state index >= 15 is 0 Å². The van der Waals surface area contributed by atoms with Gasteiger partial charge in [0.1, 0.15) is 11.9 Å². The third-order valence-electron chi connectivity index (χ3n) is 4.54. The highest BCUT2D eigenvalue weighted by atomic mass is 16.5. The number of carbonyl (C=O) groups is 1. The Hall–Kier alpha value is -2.79. The molecule has 2 aliphatic heterocycles. The second-order valence-electron chi connectivity index (χ2n) is 5.90. The first kappa shape index (κ1) is 14.8. The first-order valence-electron chi connectivity index (χ1n) is 7.98. The molecule has 2 aromatic carbocycles. The van der Waals surface area contributed by atoms with Crippen LogP contribution in [0.5, 0.6) is 5.75 Å². The lowest BCUT2D eigenvalue weighted by atomic mass is 9.91. The van der Waals surface area contributed by atoms with Crippen LogP contribution in [-0.2, 0) is 4.79 Å². The van der Waals surface area contributed by atoms with Crippen LogP contribution in [0, 0.1) is 5.92 Å². The van der Waals surface area contributed by atoms with E-state index in [9.17, 15) is 4.79 Å². The van der Waals surface area contributed by atoms with Gasteiger partial charge in [-0.3, -0.25) is 10.1 Å². The lowest BCUT2D eigenvalue weighted by Gasteiger charge is -2.34. The molecular formula is C19H19N3O2. The lowest BCUT2D eigenvalue weighted by Crippen LogP contribution is -2.58. The number of fused-ring (bicyclic) bond motifs is 1. The fourth-order valence-corrected chi connectivity index (χ4v) is 3.39. The summed E-state index contributed by atoms with van der Waals surface area (Å²) in [7, 11) is 1.65. The number of hydrogen-bond donors (Lipinski definition) is 2. The SMILES string of the molecule is COc1cccc(C2=CN(c3ccccc3)C3NCNC(=O)C23)c1. The van der Waals surface area contributed by atoms with E-state index in [1.54, 1.807) is 7.11 Å². The van der Waals surface area contributed by atoms with Crippen LogP contribution in [0.2, 0.25) is 0 Å². The Kier molecular flexibility index (Phi) is 3.70. The molecule has 1 amide bonds. The summed E-state index contributed by atoms with van der Waals surface area (Å²) in [5.41, 5.74) is 3.06. The Morgan fingerprint density at radius 1 is 1.12 bits per heavy atom. The van der Waals surface area contributed by atoms with Crippen LogP contribution in [0.15, 0.2) is 60.8 Å². The largest absolute Gasteiger partial charge is 0.497 e. The molecule has 0 aromatic heterocycles. The van der Waals surface area contributed by atoms with Gasteiger partial charge >= 0.3 is 0 Å². The number of anilines is 1. The van der Waals surface area contributed by atoms with Crippen molar-refractivity contribution in [3.63, 3.8) is 0 Å². The lowest BCUT2D eigenvalue weighted by molar-refractivity contribution is -0.125. The second kappa shape index (κ2) is 6.02. The summed E-state index contributed by atoms with van der Waals surface area (Å²) in [4.78, 5) is 14.7. The number of methoxy groups -OCH3 is 1. The molecule has 0 bridgehead atoms. The fraction of sp³-hybridized carbons (Fsp3) is 0.211. The number of nitrogens with one attached hydrogen (secondary N) is 2. The van der Waals surface area contributed by atoms with Crippen molar-refractivity contribution in [2.45, 2.75) is 6.17 Å². The Labute approximate surface area is 140 Å². The highest BCUT2D eigenvalue weighted by molar-refractivity contribution is 5.96. The van der Waals surface area contributed by atoms with E-state index in [1.807, 2.05) is 42.5 Å². The summed E-state index contributed by atoms with van der Waals surface area (Å²) in [6.45, 7) is 0.475. The van der Waals surface area contributed by atoms with Crippen LogP contribution in [0.25, 0.3) is 5.57 Å². The van der Waals surface area contributed by atoms with Gasteiger partial charge in [0.25, 0.3) is 0 Å². The zero-order chi connectivity index (χ0) is 16.5. The van der Waals surface area contributed by atoms with E-state index in [1.165, 1.54) is 0 Å². The van der Waals surface area contributed by atoms with Crippen molar-refractivity contribution >= 4 is 17.2 Å². The topological polar surface area (TPSA) is 53.6 Å². The second-order valence-corrected chi connectivity index (χ2v) is 5.90. The number of para-hydroxylation sites is 1. The van der Waals surface area contributed by atoms with E-state index in [0.717, 1.165) is 22.6 Å². The van der Waals surface area contributed by atoms with Crippen LogP contribution in [0.3, 0.4) is 0 Å². The van der Waals surface area contributed by atoms with Crippen LogP contribution in [0.1, 0.15) is 5.56 Å². The Balaban J connectivity index is 1.79. The molecule has 2 N–H and O–H groups in total. The average molecular weight is 321 g/mol. The molecule has 2 heterocycles. The molecule has 5 heteroatoms. The van der Waals surface area contributed by atoms with E-state index in [4.69, 9.17) is 4.74 Å². The van der Waals surface area contributed by atoms with Crippen molar-refractivity contribution in [2.24, 2.45) is 5.92 Å². The fourth-order valence-electron chi connectivity index (χ4n) is 3.39. The Morgan fingerprint density at radius 3 is 2.75 bits per heavy atom. The van der Waals surface area contributed by atoms with E-state index < -0.39 is 0 Å². The smallest absolute Gasteiger partial charge is 0.232 e. The maximum Gasteiger partial charge on any atom is 0.232 e. The zero-order valence-electron chi connectivity index (χ0n) is 13.4. The molecular weight excluding hydrogens is 302 g/mol. The average Bonchev–Trinajstić information content (AvgIpc) is 3.04. The molecule has 0 radical (unpaired) electrons. The maximum atomic E-state index is 12.5. The summed E-state index contributed by atoms with van der Waals surface area (Å²) in [5, 5.41) is 6.30. The van der Waals surface area contributed by atoms with Gasteiger partial charge in [-0.25, -0.2) is 0 Å². The summed E-state index contributed by atoms with van der Waals surface area (Å²) >= 11 is 0. The standard InChI is InChI=1S/C19H19N3O2/c1-24-15-9-5-6-13(10-15)16-11-22(14-7-3-2-4-8-14)18-17(16)19(23)21-12-20-18/h2-11,17-18,20H,12H2,1H3,(H,21,23). The summed E-state index contributed by atoms with van der Waals surface area (Å²) in [5.74, 6) is 0.574. The van der Waals surface area contributed by atoms with Gasteiger partial charge in [-0.2, -0.15) is 0 Å². The monoisotopic (exact) mass is 321 g/mol. The van der Waals surface area contributed by atoms with Gasteiger partial charge in [-0.05, 0) is 35.4 Å². The zero-order valence-corrected chi connectivity index (χ0v) is 13.4. The number of nitrogens with zero attached hydrogens (tertiary/aromatic N) is 1. The van der Waals surface area contributed by atoms with Crippen molar-refractivity contribution in [1.82, 2.24) is 10.6 Å². The van der Waals surface area contributed by atoms with Gasteiger partial charge in [-0.15, -0.1) is 0 Å². The van der Waals surface area contributed by atoms with E-state index in [2.05, 4.69) is 33.9 Å². The van der Waals surface area contributed by atoms with Gasteiger partial charge < -0.3 is 15.0 Å². The van der Waals surface area contributed by atoms with Gasteiger partial charge in [0, 0.05) is 11.9 Å². The van der Waals surface area contributed by atoms with Crippen molar-refractivity contribution in [3.05, 3.63) is 66.4 Å². The molecule has 0 saturated carbocycles. The number of carbonyl (C=O) groups excluding carboxylic acids is 1. The highest BCUT2D eigenvalue weighted by Crippen LogP contribution is 2.39. The third kappa shape index (κ3) is 2.43. The molecule has 2 aromatic rings. The molecule has 2 unspecified atom stereocenters. The van der Waals surface area contributed by atoms with E-state index in [0.29, 0.717) is 6.67 Å². The molecule has 122 valence electrons. The Morgan fingerprint density at radius 2 is 1.96 bits per heavy atom. The number of amides is 1. The van der Waals surface area contributed by atoms with Gasteiger partial charge in [-0.1, -0.05) is 30.3 Å². The van der Waals surface area contributed by atoms with Crippen LogP contribution >= 0.6 is 0 Å². The number of benzene rings is 2.